The first-order valence-corrected chi connectivity index (χ1v) is 10.2. The van der Waals surface area contributed by atoms with E-state index in [1.165, 1.54) is 17.2 Å². The standard InChI is InChI=1S/C22H30FN5O/c1-3-13-29-16-18-8-5-4-7-17(18)14-26-22(24-2)27-19-10-12-28(15-19)21-20(23)9-6-11-25-21/h4-9,11,19H,3,10,12-16H2,1-2H3,(H2,24,26,27). The minimum Gasteiger partial charge on any atom is -0.377 e. The average molecular weight is 400 g/mol. The number of aromatic nitrogens is 1. The Labute approximate surface area is 172 Å². The van der Waals surface area contributed by atoms with E-state index in [1.54, 1.807) is 19.3 Å². The van der Waals surface area contributed by atoms with Crippen LogP contribution in [0.15, 0.2) is 47.6 Å². The van der Waals surface area contributed by atoms with Gasteiger partial charge in [-0.15, -0.1) is 0 Å². The van der Waals surface area contributed by atoms with Gasteiger partial charge in [-0.1, -0.05) is 31.2 Å². The Kier molecular flexibility index (Phi) is 7.81. The largest absolute Gasteiger partial charge is 0.377 e. The molecule has 2 aromatic rings. The number of halogens is 1. The Morgan fingerprint density at radius 2 is 2.10 bits per heavy atom. The molecule has 1 aliphatic heterocycles. The Balaban J connectivity index is 1.52. The van der Waals surface area contributed by atoms with Crippen LogP contribution in [-0.2, 0) is 17.9 Å². The molecule has 1 aromatic heterocycles. The summed E-state index contributed by atoms with van der Waals surface area (Å²) in [6.45, 7) is 5.60. The van der Waals surface area contributed by atoms with Crippen molar-refractivity contribution in [1.29, 1.82) is 0 Å². The normalized spacial score (nSPS) is 16.9. The van der Waals surface area contributed by atoms with E-state index in [0.29, 0.717) is 25.5 Å². The van der Waals surface area contributed by atoms with Crippen LogP contribution in [0.5, 0.6) is 0 Å². The lowest BCUT2D eigenvalue weighted by molar-refractivity contribution is 0.121. The van der Waals surface area contributed by atoms with E-state index in [4.69, 9.17) is 4.74 Å². The predicted octanol–water partition coefficient (Wildman–Crippen LogP) is 3.09. The molecule has 3 rings (SSSR count). The molecule has 29 heavy (non-hydrogen) atoms. The fraction of sp³-hybridized carbons (Fsp3) is 0.455. The summed E-state index contributed by atoms with van der Waals surface area (Å²) < 4.78 is 19.7. The first kappa shape index (κ1) is 21.0. The zero-order valence-electron chi connectivity index (χ0n) is 17.2. The predicted molar refractivity (Wildman–Crippen MR) is 115 cm³/mol. The number of hydrogen-bond acceptors (Lipinski definition) is 4. The van der Waals surface area contributed by atoms with Crippen molar-refractivity contribution in [2.24, 2.45) is 4.99 Å². The van der Waals surface area contributed by atoms with Gasteiger partial charge in [-0.2, -0.15) is 0 Å². The highest BCUT2D eigenvalue weighted by Gasteiger charge is 2.25. The third-order valence-corrected chi connectivity index (χ3v) is 4.96. The number of guanidine groups is 1. The highest BCUT2D eigenvalue weighted by molar-refractivity contribution is 5.80. The molecule has 1 fully saturated rings. The Morgan fingerprint density at radius 1 is 1.28 bits per heavy atom. The molecule has 1 aromatic carbocycles. The molecule has 0 radical (unpaired) electrons. The molecule has 6 nitrogen and oxygen atoms in total. The summed E-state index contributed by atoms with van der Waals surface area (Å²) in [7, 11) is 1.76. The fourth-order valence-corrected chi connectivity index (χ4v) is 3.44. The van der Waals surface area contributed by atoms with Gasteiger partial charge in [-0.3, -0.25) is 4.99 Å². The quantitative estimate of drug-likeness (QED) is 0.406. The summed E-state index contributed by atoms with van der Waals surface area (Å²) in [5.74, 6) is 0.876. The number of benzene rings is 1. The van der Waals surface area contributed by atoms with Crippen molar-refractivity contribution >= 4 is 11.8 Å². The topological polar surface area (TPSA) is 61.8 Å². The average Bonchev–Trinajstić information content (AvgIpc) is 3.20. The second-order valence-corrected chi connectivity index (χ2v) is 7.13. The summed E-state index contributed by atoms with van der Waals surface area (Å²) in [4.78, 5) is 10.5. The number of rotatable bonds is 8. The smallest absolute Gasteiger partial charge is 0.191 e. The minimum atomic E-state index is -0.280. The van der Waals surface area contributed by atoms with Crippen LogP contribution in [-0.4, -0.2) is 43.7 Å². The Morgan fingerprint density at radius 3 is 2.86 bits per heavy atom. The van der Waals surface area contributed by atoms with Crippen molar-refractivity contribution in [3.63, 3.8) is 0 Å². The molecule has 156 valence electrons. The molecule has 1 unspecified atom stereocenters. The molecule has 0 amide bonds. The van der Waals surface area contributed by atoms with Crippen LogP contribution in [0.3, 0.4) is 0 Å². The van der Waals surface area contributed by atoms with E-state index in [9.17, 15) is 4.39 Å². The van der Waals surface area contributed by atoms with Crippen LogP contribution < -0.4 is 15.5 Å². The number of anilines is 1. The van der Waals surface area contributed by atoms with Crippen molar-refractivity contribution in [1.82, 2.24) is 15.6 Å². The summed E-state index contributed by atoms with van der Waals surface area (Å²) in [5, 5.41) is 6.83. The first-order valence-electron chi connectivity index (χ1n) is 10.2. The fourth-order valence-electron chi connectivity index (χ4n) is 3.44. The van der Waals surface area contributed by atoms with Crippen molar-refractivity contribution in [2.75, 3.05) is 31.6 Å². The Hall–Kier alpha value is -2.67. The molecule has 2 heterocycles. The van der Waals surface area contributed by atoms with Crippen LogP contribution in [0.2, 0.25) is 0 Å². The van der Waals surface area contributed by atoms with Crippen molar-refractivity contribution in [3.8, 4) is 0 Å². The van der Waals surface area contributed by atoms with Crippen LogP contribution >= 0.6 is 0 Å². The van der Waals surface area contributed by atoms with Crippen LogP contribution in [0.4, 0.5) is 10.2 Å². The highest BCUT2D eigenvalue weighted by Crippen LogP contribution is 2.20. The third-order valence-electron chi connectivity index (χ3n) is 4.96. The second kappa shape index (κ2) is 10.8. The van der Waals surface area contributed by atoms with E-state index < -0.39 is 0 Å². The third kappa shape index (κ3) is 5.90. The van der Waals surface area contributed by atoms with E-state index in [-0.39, 0.29) is 11.9 Å². The van der Waals surface area contributed by atoms with Crippen molar-refractivity contribution in [3.05, 3.63) is 59.5 Å². The van der Waals surface area contributed by atoms with Crippen LogP contribution in [0.1, 0.15) is 30.9 Å². The molecule has 1 aliphatic rings. The minimum absolute atomic E-state index is 0.186. The summed E-state index contributed by atoms with van der Waals surface area (Å²) in [6, 6.07) is 11.5. The zero-order chi connectivity index (χ0) is 20.5. The van der Waals surface area contributed by atoms with Gasteiger partial charge in [0.2, 0.25) is 0 Å². The number of hydrogen-bond donors (Lipinski definition) is 2. The maximum Gasteiger partial charge on any atom is 0.191 e. The van der Waals surface area contributed by atoms with Gasteiger partial charge in [0, 0.05) is 45.5 Å². The van der Waals surface area contributed by atoms with Crippen LogP contribution in [0.25, 0.3) is 0 Å². The molecule has 1 atom stereocenters. The number of nitrogens with zero attached hydrogens (tertiary/aromatic N) is 3. The molecular weight excluding hydrogens is 369 g/mol. The molecule has 1 saturated heterocycles. The van der Waals surface area contributed by atoms with Gasteiger partial charge in [0.25, 0.3) is 0 Å². The number of ether oxygens (including phenoxy) is 1. The van der Waals surface area contributed by atoms with Gasteiger partial charge >= 0.3 is 0 Å². The number of aliphatic imine (C=N–C) groups is 1. The zero-order valence-corrected chi connectivity index (χ0v) is 17.2. The molecular formula is C22H30FN5O. The van der Waals surface area contributed by atoms with E-state index in [1.807, 2.05) is 17.0 Å². The number of nitrogens with one attached hydrogen (secondary N) is 2. The van der Waals surface area contributed by atoms with E-state index in [0.717, 1.165) is 32.0 Å². The molecule has 2 N–H and O–H groups in total. The van der Waals surface area contributed by atoms with Gasteiger partial charge in [0.05, 0.1) is 6.61 Å². The van der Waals surface area contributed by atoms with E-state index in [2.05, 4.69) is 39.7 Å². The molecule has 0 bridgehead atoms. The first-order chi connectivity index (χ1) is 14.2. The van der Waals surface area contributed by atoms with Gasteiger partial charge in [0.1, 0.15) is 0 Å². The maximum atomic E-state index is 14.0. The second-order valence-electron chi connectivity index (χ2n) is 7.13. The monoisotopic (exact) mass is 399 g/mol. The SMILES string of the molecule is CCCOCc1ccccc1CNC(=NC)NC1CCN(c2ncccc2F)C1. The number of pyridine rings is 1. The Bertz CT molecular complexity index is 813. The molecule has 7 heteroatoms. The van der Waals surface area contributed by atoms with Crippen molar-refractivity contribution in [2.45, 2.75) is 39.0 Å². The summed E-state index contributed by atoms with van der Waals surface area (Å²) in [6.07, 6.45) is 3.54. The van der Waals surface area contributed by atoms with E-state index >= 15 is 0 Å². The van der Waals surface area contributed by atoms with Gasteiger partial charge < -0.3 is 20.3 Å². The lowest BCUT2D eigenvalue weighted by atomic mass is 10.1. The van der Waals surface area contributed by atoms with Gasteiger partial charge in [-0.05, 0) is 36.1 Å². The summed E-state index contributed by atoms with van der Waals surface area (Å²) >= 11 is 0. The lowest BCUT2D eigenvalue weighted by Gasteiger charge is -2.20. The molecule has 0 saturated carbocycles. The lowest BCUT2D eigenvalue weighted by Crippen LogP contribution is -2.44. The van der Waals surface area contributed by atoms with Gasteiger partial charge in [0.15, 0.2) is 17.6 Å². The maximum absolute atomic E-state index is 14.0. The van der Waals surface area contributed by atoms with Crippen molar-refractivity contribution < 1.29 is 9.13 Å². The molecule has 0 aliphatic carbocycles. The van der Waals surface area contributed by atoms with Gasteiger partial charge in [-0.25, -0.2) is 9.37 Å². The summed E-state index contributed by atoms with van der Waals surface area (Å²) in [5.41, 5.74) is 2.37. The highest BCUT2D eigenvalue weighted by atomic mass is 19.1. The van der Waals surface area contributed by atoms with Crippen LogP contribution in [0, 0.1) is 5.82 Å². The molecule has 0 spiro atoms.